The molecule has 11 aromatic heterocycles. The second-order valence-corrected chi connectivity index (χ2v) is 39.8. The van der Waals surface area contributed by atoms with Gasteiger partial charge >= 0.3 is 56.4 Å². The molecule has 0 saturated carbocycles. The minimum atomic E-state index is -0.472. The number of H-pyrrole nitrogens is 2. The van der Waals surface area contributed by atoms with Crippen molar-refractivity contribution in [3.63, 3.8) is 0 Å². The van der Waals surface area contributed by atoms with Crippen LogP contribution < -0.4 is 0 Å². The summed E-state index contributed by atoms with van der Waals surface area (Å²) < 4.78 is 22.0. The van der Waals surface area contributed by atoms with Crippen LogP contribution in [0.2, 0.25) is 0 Å². The van der Waals surface area contributed by atoms with Gasteiger partial charge in [-0.2, -0.15) is 96.5 Å². The fraction of sp³-hybridized carbons (Fsp3) is 0.107. The molecule has 0 amide bonds. The van der Waals surface area contributed by atoms with Crippen molar-refractivity contribution in [3.05, 3.63) is 397 Å². The number of halogens is 4. The summed E-state index contributed by atoms with van der Waals surface area (Å²) in [5.74, 6) is 0. The van der Waals surface area contributed by atoms with Gasteiger partial charge in [0.05, 0.1) is 56.6 Å². The molecule has 23 rings (SSSR count). The summed E-state index contributed by atoms with van der Waals surface area (Å²) in [6.07, 6.45) is 11.7. The zero-order valence-corrected chi connectivity index (χ0v) is 82.5. The minimum absolute atomic E-state index is 0. The third-order valence-electron chi connectivity index (χ3n) is 21.4. The number of rotatable bonds is 10. The van der Waals surface area contributed by atoms with Crippen molar-refractivity contribution in [2.75, 3.05) is 0 Å². The van der Waals surface area contributed by atoms with Crippen molar-refractivity contribution in [1.29, 1.82) is 10.5 Å². The third-order valence-corrected chi connectivity index (χ3v) is 27.7. The van der Waals surface area contributed by atoms with Gasteiger partial charge in [-0.1, -0.05) is 149 Å². The minimum Gasteiger partial charge on any atom is -0.184 e. The SMILES string of the molecule is Brc1ccc2sc3ccccc3c2c1.C.C.C#N.CC(C)(c1ccn(-c2[c-]cc3sc4ccccc4c3c2)n1)c1ccn(-c2[c-]cc3sc4ccccc4c3c2)n1.CC(C)(c1ccn(-c2ccc3sc4ccccc4c3c2)n1)c1ccn(-c2ccc3sc4ccccc4c3c2)n1.CC(C)(c1ccn[nH]1)c1ccn[nH]1.I.N#Cc1ccccc1.[Cl][Pt][Cl].[HH].[Pt+2].[c-]1ccccc1. The van der Waals surface area contributed by atoms with Gasteiger partial charge in [0, 0.05) is 136 Å². The summed E-state index contributed by atoms with van der Waals surface area (Å²) in [7, 11) is 9.75. The van der Waals surface area contributed by atoms with Crippen LogP contribution in [0.15, 0.2) is 339 Å². The van der Waals surface area contributed by atoms with Crippen molar-refractivity contribution in [2.24, 2.45) is 0 Å². The fourth-order valence-corrected chi connectivity index (χ4v) is 20.4. The van der Waals surface area contributed by atoms with Gasteiger partial charge in [0.1, 0.15) is 0 Å². The molecule has 25 heteroatoms. The summed E-state index contributed by atoms with van der Waals surface area (Å²) >= 11 is 12.2. The topological polar surface area (TPSA) is 176 Å². The van der Waals surface area contributed by atoms with E-state index in [1.807, 2.05) is 132 Å². The molecular weight excluding hydrogens is 2260 g/mol. The Balaban J connectivity index is 0.000000165. The van der Waals surface area contributed by atoms with Crippen LogP contribution in [-0.2, 0) is 53.8 Å². The Morgan fingerprint density at radius 2 is 0.688 bits per heavy atom. The molecule has 23 aromatic rings. The molecular formula is C103H87BrCl2IN14Pt2S5-. The molecule has 12 aromatic carbocycles. The largest absolute Gasteiger partial charge is 2.00 e. The van der Waals surface area contributed by atoms with E-state index in [4.69, 9.17) is 49.8 Å². The molecule has 0 atom stereocenters. The summed E-state index contributed by atoms with van der Waals surface area (Å²) in [4.78, 5) is 0. The first-order valence-electron chi connectivity index (χ1n) is 39.3. The molecule has 0 spiro atoms. The van der Waals surface area contributed by atoms with Crippen LogP contribution in [0, 0.1) is 41.4 Å². The Hall–Kier alpha value is -10.9. The first kappa shape index (κ1) is 96.2. The first-order valence-corrected chi connectivity index (χ1v) is 49.8. The van der Waals surface area contributed by atoms with E-state index in [1.54, 1.807) is 47.2 Å². The first-order chi connectivity index (χ1) is 60.5. The number of hydrogen-bond acceptors (Lipinski definition) is 13. The normalized spacial score (nSPS) is 11.0. The van der Waals surface area contributed by atoms with Crippen LogP contribution in [0.25, 0.3) is 124 Å². The van der Waals surface area contributed by atoms with Crippen LogP contribution >= 0.6 is 115 Å². The van der Waals surface area contributed by atoms with Crippen LogP contribution in [0.3, 0.4) is 0 Å². The number of aromatic nitrogens is 12. The van der Waals surface area contributed by atoms with Crippen molar-refractivity contribution < 1.29 is 39.0 Å². The van der Waals surface area contributed by atoms with E-state index in [1.165, 1.54) is 101 Å². The zero-order chi connectivity index (χ0) is 85.9. The summed E-state index contributed by atoms with van der Waals surface area (Å²) in [5.41, 5.74) is 9.94. The molecule has 0 bridgehead atoms. The van der Waals surface area contributed by atoms with E-state index >= 15 is 0 Å². The summed E-state index contributed by atoms with van der Waals surface area (Å²) in [6.45, 7) is 16.5. The quantitative estimate of drug-likeness (QED) is 0.100. The number of aromatic amines is 2. The second-order valence-electron chi connectivity index (χ2n) is 30.2. The summed E-state index contributed by atoms with van der Waals surface area (Å²) in [6, 6.07) is 114. The van der Waals surface area contributed by atoms with Crippen molar-refractivity contribution in [3.8, 4) is 35.4 Å². The number of nitrogens with zero attached hydrogens (tertiary/aromatic N) is 12. The maximum Gasteiger partial charge on any atom is 2.00 e. The number of fused-ring (bicyclic) bond motifs is 15. The molecule has 0 unspecified atom stereocenters. The van der Waals surface area contributed by atoms with Crippen LogP contribution in [0.4, 0.5) is 0 Å². The van der Waals surface area contributed by atoms with E-state index in [2.05, 4.69) is 339 Å². The van der Waals surface area contributed by atoms with Crippen molar-refractivity contribution in [1.82, 2.24) is 59.5 Å². The van der Waals surface area contributed by atoms with Crippen molar-refractivity contribution in [2.45, 2.75) is 72.6 Å². The third kappa shape index (κ3) is 21.0. The number of nitriles is 2. The smallest absolute Gasteiger partial charge is 0.184 e. The van der Waals surface area contributed by atoms with Gasteiger partial charge in [-0.15, -0.1) is 80.9 Å². The van der Waals surface area contributed by atoms with Crippen LogP contribution in [0.1, 0.15) is 97.5 Å². The summed E-state index contributed by atoms with van der Waals surface area (Å²) in [5, 5.41) is 61.5. The Bertz CT molecular complexity index is 6970. The number of hydrogen-bond donors (Lipinski definition) is 2. The number of nitrogens with one attached hydrogen (secondary N) is 2. The molecule has 0 radical (unpaired) electrons. The second kappa shape index (κ2) is 43.5. The number of benzene rings is 12. The average molecular weight is 2350 g/mol. The predicted octanol–water partition coefficient (Wildman–Crippen LogP) is 30.8. The molecule has 0 aliphatic carbocycles. The Kier molecular flexibility index (Phi) is 32.7. The standard InChI is InChI=1S/C33H24N4S2.C33H22N4S2.C12H7BrS.C9H12N4.C7H5N.C6H5.CHN.2CH4.2ClH.HI.2Pt.H2/c2*1-33(2,31-15-17-36(34-31)21-11-13-29-25(19-21)23-7-3-5-9-27(23)38-29)32-16-18-37(35-32)22-12-14-30-26(20-22)24-8-4-6-10-28(24)39-30;13-8-5-6-12-10(7-8)9-3-1-2-4-11(9)14-12;1-9(2,7-3-5-10-12-7)8-4-6-11-13-8;8-6-7-4-2-1-3-5-7;1-2-4-6-5-3-1;1-2;;;;;;;;/h3-20H,1-2H3;3-10,13-20H,1-2H3;1-7H;3-6H,1-2H3,(H,10,12)(H,11,13);1-5H;1-5H;1H;2*1H4;3*1H;;;1H/q;-2;;;;-1;;;;;;;2*+2;/p-2. The van der Waals surface area contributed by atoms with Gasteiger partial charge in [-0.3, -0.25) is 19.6 Å². The van der Waals surface area contributed by atoms with Gasteiger partial charge in [-0.05, 0) is 197 Å². The molecule has 128 heavy (non-hydrogen) atoms. The maximum absolute atomic E-state index is 8.29. The van der Waals surface area contributed by atoms with Crippen LogP contribution in [-0.4, -0.2) is 59.5 Å². The van der Waals surface area contributed by atoms with E-state index in [0.29, 0.717) is 5.56 Å². The molecule has 0 aliphatic rings. The molecule has 0 aliphatic heterocycles. The van der Waals surface area contributed by atoms with E-state index < -0.39 is 16.5 Å². The van der Waals surface area contributed by atoms with E-state index in [0.717, 1.165) is 61.4 Å². The predicted molar refractivity (Wildman–Crippen MR) is 550 cm³/mol. The molecule has 0 saturated heterocycles. The Morgan fingerprint density at radius 1 is 0.383 bits per heavy atom. The molecule has 0 fully saturated rings. The monoisotopic (exact) mass is 2350 g/mol. The van der Waals surface area contributed by atoms with Crippen molar-refractivity contribution >= 4 is 216 Å². The average Bonchev–Trinajstić information content (AvgIpc) is 1.67. The van der Waals surface area contributed by atoms with Gasteiger partial charge in [-0.25, -0.2) is 37.3 Å². The number of thiophene rings is 5. The van der Waals surface area contributed by atoms with E-state index in [-0.39, 0.29) is 77.6 Å². The molecule has 14 nitrogen and oxygen atoms in total. The van der Waals surface area contributed by atoms with Gasteiger partial charge in [0.25, 0.3) is 0 Å². The Labute approximate surface area is 821 Å². The van der Waals surface area contributed by atoms with Crippen LogP contribution in [0.5, 0.6) is 0 Å². The van der Waals surface area contributed by atoms with Gasteiger partial charge < -0.3 is 0 Å². The Morgan fingerprint density at radius 3 is 1.02 bits per heavy atom. The molecule has 11 heterocycles. The zero-order valence-electron chi connectivity index (χ0n) is 68.4. The van der Waals surface area contributed by atoms with Gasteiger partial charge in [0.2, 0.25) is 0 Å². The van der Waals surface area contributed by atoms with Gasteiger partial charge in [0.15, 0.2) is 0 Å². The van der Waals surface area contributed by atoms with E-state index in [9.17, 15) is 0 Å². The molecule has 648 valence electrons. The fourth-order valence-electron chi connectivity index (χ4n) is 14.6. The maximum atomic E-state index is 8.29. The molecule has 2 N–H and O–H groups in total.